The van der Waals surface area contributed by atoms with Gasteiger partial charge in [-0.3, -0.25) is 9.59 Å². The van der Waals surface area contributed by atoms with E-state index in [-0.39, 0.29) is 36.0 Å². The van der Waals surface area contributed by atoms with Crippen LogP contribution in [0.2, 0.25) is 5.02 Å². The second kappa shape index (κ2) is 10.8. The summed E-state index contributed by atoms with van der Waals surface area (Å²) in [6.45, 7) is 5.34. The first kappa shape index (κ1) is 26.1. The summed E-state index contributed by atoms with van der Waals surface area (Å²) in [6, 6.07) is 15.2. The number of nitrogens with zero attached hydrogens (tertiary/aromatic N) is 1. The molecule has 3 heterocycles. The van der Waals surface area contributed by atoms with Gasteiger partial charge in [0.05, 0.1) is 30.2 Å². The maximum atomic E-state index is 13.9. The molecule has 6 rings (SSSR count). The van der Waals surface area contributed by atoms with Gasteiger partial charge in [-0.1, -0.05) is 37.1 Å². The summed E-state index contributed by atoms with van der Waals surface area (Å²) >= 11 is 6.22. The number of rotatable bonds is 9. The Morgan fingerprint density at radius 1 is 0.950 bits per heavy atom. The van der Waals surface area contributed by atoms with Gasteiger partial charge in [0.15, 0.2) is 28.4 Å². The molecule has 1 unspecified atom stereocenters. The van der Waals surface area contributed by atoms with Crippen molar-refractivity contribution < 1.29 is 28.2 Å². The molecule has 40 heavy (non-hydrogen) atoms. The van der Waals surface area contributed by atoms with Crippen molar-refractivity contribution in [1.29, 1.82) is 0 Å². The van der Waals surface area contributed by atoms with E-state index in [1.54, 1.807) is 23.1 Å². The molecule has 1 amide bonds. The summed E-state index contributed by atoms with van der Waals surface area (Å²) in [6.07, 6.45) is 1.92. The molecule has 0 N–H and O–H groups in total. The van der Waals surface area contributed by atoms with E-state index in [9.17, 15) is 9.59 Å². The summed E-state index contributed by atoms with van der Waals surface area (Å²) < 4.78 is 28.9. The van der Waals surface area contributed by atoms with E-state index in [2.05, 4.69) is 6.92 Å². The molecule has 206 valence electrons. The van der Waals surface area contributed by atoms with E-state index in [0.717, 1.165) is 18.4 Å². The predicted octanol–water partition coefficient (Wildman–Crippen LogP) is 6.50. The number of unbranched alkanes of at least 4 members (excludes halogenated alkanes) is 1. The van der Waals surface area contributed by atoms with Crippen molar-refractivity contribution in [2.24, 2.45) is 0 Å². The van der Waals surface area contributed by atoms with Crippen LogP contribution in [0.1, 0.15) is 60.0 Å². The Morgan fingerprint density at radius 3 is 2.62 bits per heavy atom. The number of hydrogen-bond acceptors (Lipinski definition) is 7. The highest BCUT2D eigenvalue weighted by Crippen LogP contribution is 2.43. The highest BCUT2D eigenvalue weighted by Gasteiger charge is 2.43. The fraction of sp³-hybridized carbons (Fsp3) is 0.290. The predicted molar refractivity (Wildman–Crippen MR) is 150 cm³/mol. The SMILES string of the molecule is CCCCOc1ccc(C2c3c(oc4ccc(Cl)cc4c3=O)C(=O)N2Cc2ccc3c(c2)OCO3)cc1OCC. The zero-order valence-electron chi connectivity index (χ0n) is 22.2. The Bertz CT molecular complexity index is 1660. The van der Waals surface area contributed by atoms with E-state index in [1.165, 1.54) is 0 Å². The lowest BCUT2D eigenvalue weighted by Crippen LogP contribution is -2.29. The molecule has 2 aliphatic rings. The smallest absolute Gasteiger partial charge is 0.291 e. The topological polar surface area (TPSA) is 87.4 Å². The van der Waals surface area contributed by atoms with E-state index in [0.29, 0.717) is 57.8 Å². The Labute approximate surface area is 236 Å². The number of amides is 1. The monoisotopic (exact) mass is 561 g/mol. The standard InChI is InChI=1S/C31H28ClNO7/c1-3-5-12-37-23-10-7-19(14-26(23)36-4-2)28-27-29(34)21-15-20(32)8-11-22(21)40-30(27)31(35)33(28)16-18-6-9-24-25(13-18)39-17-38-24/h6-11,13-15,28H,3-5,12,16-17H2,1-2H3. The Kier molecular flexibility index (Phi) is 7.02. The average molecular weight is 562 g/mol. The highest BCUT2D eigenvalue weighted by atomic mass is 35.5. The molecule has 0 aliphatic carbocycles. The van der Waals surface area contributed by atoms with Crippen molar-refractivity contribution in [2.75, 3.05) is 20.0 Å². The minimum atomic E-state index is -0.726. The molecule has 0 saturated carbocycles. The molecule has 0 saturated heterocycles. The summed E-state index contributed by atoms with van der Waals surface area (Å²) in [5.41, 5.74) is 1.79. The van der Waals surface area contributed by atoms with Gasteiger partial charge in [0.25, 0.3) is 5.91 Å². The van der Waals surface area contributed by atoms with Gasteiger partial charge in [-0.2, -0.15) is 0 Å². The fourth-order valence-electron chi connectivity index (χ4n) is 5.15. The van der Waals surface area contributed by atoms with Gasteiger partial charge in [0, 0.05) is 11.6 Å². The van der Waals surface area contributed by atoms with Crippen LogP contribution < -0.4 is 24.4 Å². The third-order valence-electron chi connectivity index (χ3n) is 7.06. The maximum absolute atomic E-state index is 13.9. The van der Waals surface area contributed by atoms with Crippen LogP contribution in [0, 0.1) is 0 Å². The minimum Gasteiger partial charge on any atom is -0.490 e. The van der Waals surface area contributed by atoms with Crippen LogP contribution in [0.3, 0.4) is 0 Å². The number of benzene rings is 3. The van der Waals surface area contributed by atoms with Gasteiger partial charge in [0.2, 0.25) is 12.6 Å². The second-order valence-electron chi connectivity index (χ2n) is 9.68. The van der Waals surface area contributed by atoms with Crippen LogP contribution >= 0.6 is 11.6 Å². The van der Waals surface area contributed by atoms with Gasteiger partial charge >= 0.3 is 0 Å². The van der Waals surface area contributed by atoms with E-state index in [1.807, 2.05) is 43.3 Å². The van der Waals surface area contributed by atoms with E-state index < -0.39 is 6.04 Å². The first-order chi connectivity index (χ1) is 19.5. The van der Waals surface area contributed by atoms with Gasteiger partial charge in [0.1, 0.15) is 5.58 Å². The Hall–Kier alpha value is -4.17. The van der Waals surface area contributed by atoms with Gasteiger partial charge in [-0.25, -0.2) is 0 Å². The molecular formula is C31H28ClNO7. The van der Waals surface area contributed by atoms with Crippen molar-refractivity contribution >= 4 is 28.5 Å². The molecule has 0 fully saturated rings. The Balaban J connectivity index is 1.48. The van der Waals surface area contributed by atoms with E-state index >= 15 is 0 Å². The molecule has 1 aromatic heterocycles. The zero-order chi connectivity index (χ0) is 27.8. The third kappa shape index (κ3) is 4.62. The maximum Gasteiger partial charge on any atom is 0.291 e. The number of fused-ring (bicyclic) bond motifs is 3. The molecule has 4 aromatic rings. The lowest BCUT2D eigenvalue weighted by atomic mass is 9.97. The molecule has 2 aliphatic heterocycles. The van der Waals surface area contributed by atoms with Crippen molar-refractivity contribution in [1.82, 2.24) is 4.90 Å². The molecule has 9 heteroatoms. The molecular weight excluding hydrogens is 534 g/mol. The van der Waals surface area contributed by atoms with Crippen LogP contribution in [0.25, 0.3) is 11.0 Å². The number of hydrogen-bond donors (Lipinski definition) is 0. The zero-order valence-corrected chi connectivity index (χ0v) is 23.0. The second-order valence-corrected chi connectivity index (χ2v) is 10.1. The molecule has 0 spiro atoms. The summed E-state index contributed by atoms with van der Waals surface area (Å²) in [7, 11) is 0. The number of carbonyl (C=O) groups is 1. The number of ether oxygens (including phenoxy) is 4. The van der Waals surface area contributed by atoms with Crippen LogP contribution in [0.15, 0.2) is 63.8 Å². The highest BCUT2D eigenvalue weighted by molar-refractivity contribution is 6.31. The minimum absolute atomic E-state index is 0.0202. The molecule has 0 radical (unpaired) electrons. The first-order valence-corrected chi connectivity index (χ1v) is 13.7. The molecule has 3 aromatic carbocycles. The van der Waals surface area contributed by atoms with Gasteiger partial charge in [-0.15, -0.1) is 0 Å². The average Bonchev–Trinajstić information content (AvgIpc) is 3.53. The lowest BCUT2D eigenvalue weighted by Gasteiger charge is -2.26. The van der Waals surface area contributed by atoms with Crippen LogP contribution in [0.5, 0.6) is 23.0 Å². The summed E-state index contributed by atoms with van der Waals surface area (Å²) in [5.74, 6) is 2.06. The van der Waals surface area contributed by atoms with Gasteiger partial charge < -0.3 is 28.3 Å². The van der Waals surface area contributed by atoms with Crippen molar-refractivity contribution in [3.63, 3.8) is 0 Å². The fourth-order valence-corrected chi connectivity index (χ4v) is 5.32. The summed E-state index contributed by atoms with van der Waals surface area (Å²) in [4.78, 5) is 29.4. The van der Waals surface area contributed by atoms with Crippen molar-refractivity contribution in [3.05, 3.63) is 92.3 Å². The van der Waals surface area contributed by atoms with E-state index in [4.69, 9.17) is 35.0 Å². The van der Waals surface area contributed by atoms with Crippen LogP contribution in [-0.2, 0) is 6.54 Å². The number of halogens is 1. The molecule has 8 nitrogen and oxygen atoms in total. The third-order valence-corrected chi connectivity index (χ3v) is 7.29. The first-order valence-electron chi connectivity index (χ1n) is 13.3. The molecule has 0 bridgehead atoms. The van der Waals surface area contributed by atoms with Crippen molar-refractivity contribution in [3.8, 4) is 23.0 Å². The van der Waals surface area contributed by atoms with Gasteiger partial charge in [-0.05, 0) is 66.9 Å². The van der Waals surface area contributed by atoms with Crippen LogP contribution in [-0.4, -0.2) is 30.8 Å². The Morgan fingerprint density at radius 2 is 1.80 bits per heavy atom. The number of carbonyl (C=O) groups excluding carboxylic acids is 1. The summed E-state index contributed by atoms with van der Waals surface area (Å²) in [5, 5.41) is 0.726. The quantitative estimate of drug-likeness (QED) is 0.216. The lowest BCUT2D eigenvalue weighted by molar-refractivity contribution is 0.0714. The molecule has 1 atom stereocenters. The van der Waals surface area contributed by atoms with Crippen molar-refractivity contribution in [2.45, 2.75) is 39.3 Å². The normalized spacial score (nSPS) is 15.5. The van der Waals surface area contributed by atoms with Crippen LogP contribution in [0.4, 0.5) is 0 Å². The largest absolute Gasteiger partial charge is 0.490 e.